The fraction of sp³-hybridized carbons (Fsp3) is 0.154. The Balaban J connectivity index is 2.06. The Morgan fingerprint density at radius 3 is 2.52 bits per heavy atom. The van der Waals surface area contributed by atoms with Gasteiger partial charge in [-0.1, -0.05) is 11.8 Å². The summed E-state index contributed by atoms with van der Waals surface area (Å²) in [6, 6.07) is 3.33. The van der Waals surface area contributed by atoms with Crippen LogP contribution in [0.1, 0.15) is 6.92 Å². The van der Waals surface area contributed by atoms with Gasteiger partial charge in [0.2, 0.25) is 5.91 Å². The summed E-state index contributed by atoms with van der Waals surface area (Å²) in [6.45, 7) is 1.56. The van der Waals surface area contributed by atoms with Crippen molar-refractivity contribution in [3.05, 3.63) is 48.0 Å². The number of anilines is 1. The first kappa shape index (κ1) is 15.3. The molecule has 1 atom stereocenters. The SMILES string of the molecule is C[C@@H](Sc1ncccn1)C(=O)Nc1ccc(F)c(F)c1F. The number of aromatic nitrogens is 2. The molecule has 8 heteroatoms. The highest BCUT2D eigenvalue weighted by Gasteiger charge is 2.19. The van der Waals surface area contributed by atoms with Crippen molar-refractivity contribution >= 4 is 23.4 Å². The van der Waals surface area contributed by atoms with Crippen LogP contribution < -0.4 is 5.32 Å². The first-order valence-corrected chi connectivity index (χ1v) is 6.75. The Bertz CT molecular complexity index is 655. The second kappa shape index (κ2) is 6.57. The molecule has 0 fully saturated rings. The normalized spacial score (nSPS) is 12.0. The number of rotatable bonds is 4. The maximum Gasteiger partial charge on any atom is 0.237 e. The number of hydrogen-bond donors (Lipinski definition) is 1. The minimum absolute atomic E-state index is 0.380. The van der Waals surface area contributed by atoms with Gasteiger partial charge in [-0.2, -0.15) is 0 Å². The number of thioether (sulfide) groups is 1. The summed E-state index contributed by atoms with van der Waals surface area (Å²) in [5.41, 5.74) is -0.416. The number of carbonyl (C=O) groups is 1. The van der Waals surface area contributed by atoms with E-state index in [9.17, 15) is 18.0 Å². The van der Waals surface area contributed by atoms with Crippen LogP contribution in [0.25, 0.3) is 0 Å². The Hall–Kier alpha value is -2.09. The molecule has 0 saturated heterocycles. The lowest BCUT2D eigenvalue weighted by molar-refractivity contribution is -0.115. The second-order valence-corrected chi connectivity index (χ2v) is 5.31. The van der Waals surface area contributed by atoms with E-state index in [4.69, 9.17) is 0 Å². The van der Waals surface area contributed by atoms with Crippen molar-refractivity contribution in [3.63, 3.8) is 0 Å². The lowest BCUT2D eigenvalue weighted by Crippen LogP contribution is -2.23. The van der Waals surface area contributed by atoms with Crippen molar-refractivity contribution in [2.24, 2.45) is 0 Å². The maximum atomic E-state index is 13.5. The van der Waals surface area contributed by atoms with Crippen LogP contribution in [0, 0.1) is 17.5 Å². The summed E-state index contributed by atoms with van der Waals surface area (Å²) in [5, 5.41) is 1.94. The average Bonchev–Trinajstić information content (AvgIpc) is 2.48. The number of halogens is 3. The summed E-state index contributed by atoms with van der Waals surface area (Å²) in [5.74, 6) is -4.95. The van der Waals surface area contributed by atoms with Crippen molar-refractivity contribution in [2.45, 2.75) is 17.3 Å². The van der Waals surface area contributed by atoms with E-state index in [0.717, 1.165) is 23.9 Å². The van der Waals surface area contributed by atoms with Crippen molar-refractivity contribution in [1.29, 1.82) is 0 Å². The fourth-order valence-corrected chi connectivity index (χ4v) is 2.14. The summed E-state index contributed by atoms with van der Waals surface area (Å²) >= 11 is 1.06. The zero-order chi connectivity index (χ0) is 15.4. The Morgan fingerprint density at radius 2 is 1.86 bits per heavy atom. The molecular formula is C13H10F3N3OS. The van der Waals surface area contributed by atoms with Gasteiger partial charge in [-0.3, -0.25) is 4.79 Å². The highest BCUT2D eigenvalue weighted by molar-refractivity contribution is 8.00. The lowest BCUT2D eigenvalue weighted by Gasteiger charge is -2.11. The number of benzene rings is 1. The molecule has 1 N–H and O–H groups in total. The van der Waals surface area contributed by atoms with Crippen molar-refractivity contribution in [2.75, 3.05) is 5.32 Å². The molecule has 2 aromatic rings. The maximum absolute atomic E-state index is 13.5. The van der Waals surface area contributed by atoms with Gasteiger partial charge in [-0.05, 0) is 25.1 Å². The van der Waals surface area contributed by atoms with Gasteiger partial charge in [-0.15, -0.1) is 0 Å². The van der Waals surface area contributed by atoms with Gasteiger partial charge in [0.15, 0.2) is 22.6 Å². The molecule has 4 nitrogen and oxygen atoms in total. The van der Waals surface area contributed by atoms with E-state index in [2.05, 4.69) is 15.3 Å². The zero-order valence-corrected chi connectivity index (χ0v) is 11.6. The summed E-state index contributed by atoms with van der Waals surface area (Å²) in [6.07, 6.45) is 3.05. The van der Waals surface area contributed by atoms with Crippen molar-refractivity contribution < 1.29 is 18.0 Å². The summed E-state index contributed by atoms with van der Waals surface area (Å²) in [7, 11) is 0. The predicted molar refractivity (Wildman–Crippen MR) is 72.3 cm³/mol. The minimum atomic E-state index is -1.63. The van der Waals surface area contributed by atoms with Crippen LogP contribution in [0.3, 0.4) is 0 Å². The van der Waals surface area contributed by atoms with E-state index in [1.165, 1.54) is 12.4 Å². The van der Waals surface area contributed by atoms with E-state index < -0.39 is 34.3 Å². The molecule has 0 aliphatic heterocycles. The molecule has 0 radical (unpaired) electrons. The van der Waals surface area contributed by atoms with Gasteiger partial charge >= 0.3 is 0 Å². The molecule has 21 heavy (non-hydrogen) atoms. The fourth-order valence-electron chi connectivity index (χ4n) is 1.41. The van der Waals surface area contributed by atoms with E-state index in [1.54, 1.807) is 13.0 Å². The number of hydrogen-bond acceptors (Lipinski definition) is 4. The molecule has 0 unspecified atom stereocenters. The molecule has 0 aliphatic rings. The summed E-state index contributed by atoms with van der Waals surface area (Å²) < 4.78 is 39.3. The quantitative estimate of drug-likeness (QED) is 0.535. The van der Waals surface area contributed by atoms with E-state index in [0.29, 0.717) is 5.16 Å². The van der Waals surface area contributed by atoms with E-state index in [-0.39, 0.29) is 0 Å². The highest BCUT2D eigenvalue weighted by Crippen LogP contribution is 2.23. The third kappa shape index (κ3) is 3.72. The van der Waals surface area contributed by atoms with Crippen molar-refractivity contribution in [1.82, 2.24) is 9.97 Å². The smallest absolute Gasteiger partial charge is 0.237 e. The molecule has 0 saturated carbocycles. The molecule has 2 rings (SSSR count). The van der Waals surface area contributed by atoms with Crippen molar-refractivity contribution in [3.8, 4) is 0 Å². The molecule has 1 heterocycles. The molecule has 1 aromatic heterocycles. The third-order valence-electron chi connectivity index (χ3n) is 2.49. The number of nitrogens with one attached hydrogen (secondary N) is 1. The zero-order valence-electron chi connectivity index (χ0n) is 10.8. The number of carbonyl (C=O) groups excluding carboxylic acids is 1. The van der Waals surface area contributed by atoms with Gasteiger partial charge in [0.05, 0.1) is 10.9 Å². The topological polar surface area (TPSA) is 54.9 Å². The first-order chi connectivity index (χ1) is 9.99. The predicted octanol–water partition coefficient (Wildman–Crippen LogP) is 3.01. The van der Waals surface area contributed by atoms with Gasteiger partial charge in [0.1, 0.15) is 0 Å². The Morgan fingerprint density at radius 1 is 1.19 bits per heavy atom. The van der Waals surface area contributed by atoms with E-state index in [1.807, 2.05) is 0 Å². The van der Waals surface area contributed by atoms with Crippen LogP contribution in [0.15, 0.2) is 35.7 Å². The highest BCUT2D eigenvalue weighted by atomic mass is 32.2. The summed E-state index contributed by atoms with van der Waals surface area (Å²) in [4.78, 5) is 19.8. The molecule has 1 aromatic carbocycles. The van der Waals surface area contributed by atoms with Crippen LogP contribution in [0.2, 0.25) is 0 Å². The number of amides is 1. The average molecular weight is 313 g/mol. The monoisotopic (exact) mass is 313 g/mol. The third-order valence-corrected chi connectivity index (χ3v) is 3.48. The molecule has 110 valence electrons. The van der Waals surface area contributed by atoms with Crippen LogP contribution in [-0.2, 0) is 4.79 Å². The van der Waals surface area contributed by atoms with Gasteiger partial charge < -0.3 is 5.32 Å². The lowest BCUT2D eigenvalue weighted by atomic mass is 10.2. The van der Waals surface area contributed by atoms with Crippen LogP contribution in [0.5, 0.6) is 0 Å². The number of nitrogens with zero attached hydrogens (tertiary/aromatic N) is 2. The van der Waals surface area contributed by atoms with Crippen LogP contribution in [0.4, 0.5) is 18.9 Å². The first-order valence-electron chi connectivity index (χ1n) is 5.87. The largest absolute Gasteiger partial charge is 0.323 e. The molecule has 1 amide bonds. The molecule has 0 aliphatic carbocycles. The van der Waals surface area contributed by atoms with Crippen LogP contribution >= 0.6 is 11.8 Å². The molecular weight excluding hydrogens is 303 g/mol. The second-order valence-electron chi connectivity index (χ2n) is 4.00. The van der Waals surface area contributed by atoms with Gasteiger partial charge in [0.25, 0.3) is 0 Å². The molecule has 0 spiro atoms. The Kier molecular flexibility index (Phi) is 4.79. The minimum Gasteiger partial charge on any atom is -0.323 e. The van der Waals surface area contributed by atoms with Gasteiger partial charge in [0, 0.05) is 12.4 Å². The molecule has 0 bridgehead atoms. The van der Waals surface area contributed by atoms with Gasteiger partial charge in [-0.25, -0.2) is 23.1 Å². The standard InChI is InChI=1S/C13H10F3N3OS/c1-7(21-13-17-5-2-6-18-13)12(20)19-9-4-3-8(14)10(15)11(9)16/h2-7H,1H3,(H,19,20)/t7-/m1/s1. The van der Waals surface area contributed by atoms with E-state index >= 15 is 0 Å². The Labute approximate surface area is 122 Å². The van der Waals surface area contributed by atoms with Crippen LogP contribution in [-0.4, -0.2) is 21.1 Å².